The maximum absolute atomic E-state index is 13.0. The number of carbonyl (C=O) groups is 1. The first kappa shape index (κ1) is 23.4. The first-order valence-corrected chi connectivity index (χ1v) is 11.8. The Bertz CT molecular complexity index is 1600. The standard InChI is InChI=1S/C30H23ClN2O3/c1-35-29-17-22-10-3-2-9-21(22)16-25(29)30(34)33-32-18-26-24-12-6-4-8-20(24)14-15-28(26)36-19-23-11-5-7-13-27(23)31/h2-18H,19H2,1H3,(H,33,34)/b32-18-. The number of hydrogen-bond acceptors (Lipinski definition) is 4. The fourth-order valence-electron chi connectivity index (χ4n) is 4.09. The number of amides is 1. The second-order valence-electron chi connectivity index (χ2n) is 8.18. The van der Waals surface area contributed by atoms with Crippen molar-refractivity contribution in [2.45, 2.75) is 6.61 Å². The minimum absolute atomic E-state index is 0.305. The number of benzene rings is 5. The average Bonchev–Trinajstić information content (AvgIpc) is 2.92. The molecule has 178 valence electrons. The molecule has 0 unspecified atom stereocenters. The topological polar surface area (TPSA) is 59.9 Å². The van der Waals surface area contributed by atoms with Crippen LogP contribution in [0.2, 0.25) is 5.02 Å². The van der Waals surface area contributed by atoms with E-state index in [2.05, 4.69) is 10.5 Å². The molecule has 0 saturated carbocycles. The fraction of sp³-hybridized carbons (Fsp3) is 0.0667. The Kier molecular flexibility index (Phi) is 6.83. The van der Waals surface area contributed by atoms with Crippen molar-refractivity contribution in [2.75, 3.05) is 7.11 Å². The van der Waals surface area contributed by atoms with Crippen molar-refractivity contribution < 1.29 is 14.3 Å². The van der Waals surface area contributed by atoms with Crippen LogP contribution in [0.15, 0.2) is 102 Å². The van der Waals surface area contributed by atoms with Crippen LogP contribution in [0.1, 0.15) is 21.5 Å². The number of nitrogens with one attached hydrogen (secondary N) is 1. The third-order valence-electron chi connectivity index (χ3n) is 5.94. The Morgan fingerprint density at radius 3 is 2.33 bits per heavy atom. The predicted octanol–water partition coefficient (Wildman–Crippen LogP) is 7.00. The van der Waals surface area contributed by atoms with Gasteiger partial charge in [-0.2, -0.15) is 5.10 Å². The number of methoxy groups -OCH3 is 1. The van der Waals surface area contributed by atoms with E-state index in [1.54, 1.807) is 19.4 Å². The minimum Gasteiger partial charge on any atom is -0.496 e. The highest BCUT2D eigenvalue weighted by Crippen LogP contribution is 2.29. The van der Waals surface area contributed by atoms with Crippen LogP contribution in [0.3, 0.4) is 0 Å². The lowest BCUT2D eigenvalue weighted by molar-refractivity contribution is 0.0952. The van der Waals surface area contributed by atoms with Gasteiger partial charge in [0.25, 0.3) is 5.91 Å². The summed E-state index contributed by atoms with van der Waals surface area (Å²) in [5, 5.41) is 8.83. The van der Waals surface area contributed by atoms with Crippen molar-refractivity contribution >= 4 is 45.3 Å². The van der Waals surface area contributed by atoms with Gasteiger partial charge in [-0.05, 0) is 45.8 Å². The fourth-order valence-corrected chi connectivity index (χ4v) is 4.28. The maximum Gasteiger partial charge on any atom is 0.275 e. The second-order valence-corrected chi connectivity index (χ2v) is 8.58. The molecule has 5 nitrogen and oxygen atoms in total. The number of fused-ring (bicyclic) bond motifs is 2. The maximum atomic E-state index is 13.0. The van der Waals surface area contributed by atoms with Gasteiger partial charge in [-0.25, -0.2) is 5.43 Å². The number of hydrazone groups is 1. The van der Waals surface area contributed by atoms with Gasteiger partial charge in [0.1, 0.15) is 18.1 Å². The lowest BCUT2D eigenvalue weighted by atomic mass is 10.0. The zero-order valence-corrected chi connectivity index (χ0v) is 20.3. The van der Waals surface area contributed by atoms with Crippen LogP contribution >= 0.6 is 11.6 Å². The van der Waals surface area contributed by atoms with Crippen LogP contribution in [0, 0.1) is 0 Å². The normalized spacial score (nSPS) is 11.2. The van der Waals surface area contributed by atoms with Gasteiger partial charge in [0.2, 0.25) is 0 Å². The monoisotopic (exact) mass is 494 g/mol. The van der Waals surface area contributed by atoms with E-state index in [9.17, 15) is 4.79 Å². The number of halogens is 1. The summed E-state index contributed by atoms with van der Waals surface area (Å²) in [7, 11) is 1.54. The summed E-state index contributed by atoms with van der Waals surface area (Å²) in [5.74, 6) is 0.748. The summed E-state index contributed by atoms with van der Waals surface area (Å²) in [4.78, 5) is 13.0. The molecule has 0 bridgehead atoms. The van der Waals surface area contributed by atoms with Crippen molar-refractivity contribution in [1.82, 2.24) is 5.43 Å². The average molecular weight is 495 g/mol. The minimum atomic E-state index is -0.368. The SMILES string of the molecule is COc1cc2ccccc2cc1C(=O)N/N=C\c1c(OCc2ccccc2Cl)ccc2ccccc12. The lowest BCUT2D eigenvalue weighted by Crippen LogP contribution is -2.18. The number of carbonyl (C=O) groups excluding carboxylic acids is 1. The second kappa shape index (κ2) is 10.5. The number of rotatable bonds is 7. The third-order valence-corrected chi connectivity index (χ3v) is 6.31. The zero-order valence-electron chi connectivity index (χ0n) is 19.6. The van der Waals surface area contributed by atoms with E-state index in [0.29, 0.717) is 28.7 Å². The molecule has 6 heteroatoms. The van der Waals surface area contributed by atoms with E-state index in [1.807, 2.05) is 91.0 Å². The van der Waals surface area contributed by atoms with Crippen LogP contribution in [0.25, 0.3) is 21.5 Å². The van der Waals surface area contributed by atoms with Crippen molar-refractivity contribution in [3.8, 4) is 11.5 Å². The van der Waals surface area contributed by atoms with E-state index in [1.165, 1.54) is 0 Å². The molecule has 1 amide bonds. The van der Waals surface area contributed by atoms with Gasteiger partial charge >= 0.3 is 0 Å². The van der Waals surface area contributed by atoms with Gasteiger partial charge in [0.15, 0.2) is 0 Å². The Balaban J connectivity index is 1.43. The third kappa shape index (κ3) is 4.88. The van der Waals surface area contributed by atoms with Crippen LogP contribution < -0.4 is 14.9 Å². The first-order chi connectivity index (χ1) is 17.6. The Morgan fingerprint density at radius 1 is 0.861 bits per heavy atom. The molecule has 36 heavy (non-hydrogen) atoms. The van der Waals surface area contributed by atoms with Gasteiger partial charge in [0, 0.05) is 16.1 Å². The molecule has 5 aromatic carbocycles. The Labute approximate surface area is 213 Å². The van der Waals surface area contributed by atoms with Gasteiger partial charge in [-0.1, -0.05) is 84.4 Å². The van der Waals surface area contributed by atoms with E-state index in [-0.39, 0.29) is 5.91 Å². The van der Waals surface area contributed by atoms with Crippen molar-refractivity contribution in [2.24, 2.45) is 5.10 Å². The summed E-state index contributed by atoms with van der Waals surface area (Å²) < 4.78 is 11.6. The highest BCUT2D eigenvalue weighted by atomic mass is 35.5. The molecule has 0 fully saturated rings. The van der Waals surface area contributed by atoms with Crippen LogP contribution in [0.4, 0.5) is 0 Å². The van der Waals surface area contributed by atoms with E-state index in [4.69, 9.17) is 21.1 Å². The molecule has 1 N–H and O–H groups in total. The summed E-state index contributed by atoms with van der Waals surface area (Å²) in [5.41, 5.74) is 4.68. The predicted molar refractivity (Wildman–Crippen MR) is 145 cm³/mol. The molecule has 0 heterocycles. The van der Waals surface area contributed by atoms with Gasteiger partial charge in [-0.3, -0.25) is 4.79 Å². The van der Waals surface area contributed by atoms with Gasteiger partial charge < -0.3 is 9.47 Å². The molecular formula is C30H23ClN2O3. The molecule has 0 aliphatic rings. The Morgan fingerprint density at radius 2 is 1.56 bits per heavy atom. The molecule has 0 aliphatic carbocycles. The summed E-state index contributed by atoms with van der Waals surface area (Å²) in [6.07, 6.45) is 1.61. The summed E-state index contributed by atoms with van der Waals surface area (Å²) in [6, 6.07) is 30.8. The van der Waals surface area contributed by atoms with Crippen LogP contribution in [-0.2, 0) is 6.61 Å². The zero-order chi connectivity index (χ0) is 24.9. The molecule has 0 aliphatic heterocycles. The van der Waals surface area contributed by atoms with Crippen molar-refractivity contribution in [3.05, 3.63) is 119 Å². The van der Waals surface area contributed by atoms with Gasteiger partial charge in [-0.15, -0.1) is 0 Å². The van der Waals surface area contributed by atoms with E-state index < -0.39 is 0 Å². The lowest BCUT2D eigenvalue weighted by Gasteiger charge is -2.13. The molecule has 0 spiro atoms. The van der Waals surface area contributed by atoms with E-state index in [0.717, 1.165) is 32.7 Å². The van der Waals surface area contributed by atoms with E-state index >= 15 is 0 Å². The number of nitrogens with zero attached hydrogens (tertiary/aromatic N) is 1. The van der Waals surface area contributed by atoms with Gasteiger partial charge in [0.05, 0.1) is 18.9 Å². The molecule has 5 aromatic rings. The number of ether oxygens (including phenoxy) is 2. The molecule has 0 atom stereocenters. The quantitative estimate of drug-likeness (QED) is 0.196. The van der Waals surface area contributed by atoms with Crippen LogP contribution in [0.5, 0.6) is 11.5 Å². The highest BCUT2D eigenvalue weighted by Gasteiger charge is 2.14. The highest BCUT2D eigenvalue weighted by molar-refractivity contribution is 6.31. The summed E-state index contributed by atoms with van der Waals surface area (Å²) >= 11 is 6.30. The molecule has 0 saturated heterocycles. The first-order valence-electron chi connectivity index (χ1n) is 11.4. The van der Waals surface area contributed by atoms with Crippen LogP contribution in [-0.4, -0.2) is 19.2 Å². The summed E-state index contributed by atoms with van der Waals surface area (Å²) in [6.45, 7) is 0.305. The molecule has 5 rings (SSSR count). The molecule has 0 radical (unpaired) electrons. The van der Waals surface area contributed by atoms with Crippen molar-refractivity contribution in [3.63, 3.8) is 0 Å². The van der Waals surface area contributed by atoms with Crippen molar-refractivity contribution in [1.29, 1.82) is 0 Å². The largest absolute Gasteiger partial charge is 0.496 e. The Hall–Kier alpha value is -4.35. The smallest absolute Gasteiger partial charge is 0.275 e. The molecule has 0 aromatic heterocycles. The number of hydrogen-bond donors (Lipinski definition) is 1. The molecular weight excluding hydrogens is 472 g/mol.